The summed E-state index contributed by atoms with van der Waals surface area (Å²) < 4.78 is 0. The molecule has 0 saturated heterocycles. The average molecular weight is 176 g/mol. The van der Waals surface area contributed by atoms with E-state index in [4.69, 9.17) is 0 Å². The number of phenols is 1. The molecule has 0 amide bonds. The van der Waals surface area contributed by atoms with Crippen molar-refractivity contribution in [3.63, 3.8) is 0 Å². The molecule has 1 rings (SSSR count). The predicted octanol–water partition coefficient (Wildman–Crippen LogP) is 3.30. The molecule has 0 aromatic heterocycles. The highest BCUT2D eigenvalue weighted by atomic mass is 16.3. The molecule has 0 bridgehead atoms. The molecule has 0 aliphatic rings. The lowest BCUT2D eigenvalue weighted by Crippen LogP contribution is -1.94. The van der Waals surface area contributed by atoms with Gasteiger partial charge in [0.1, 0.15) is 5.75 Å². The van der Waals surface area contributed by atoms with E-state index in [2.05, 4.69) is 12.6 Å². The third-order valence-corrected chi connectivity index (χ3v) is 2.32. The first-order valence-electron chi connectivity index (χ1n) is 4.49. The molecule has 1 atom stereocenters. The Hall–Kier alpha value is -1.24. The Kier molecular flexibility index (Phi) is 2.76. The lowest BCUT2D eigenvalue weighted by Gasteiger charge is -2.13. The van der Waals surface area contributed by atoms with E-state index in [1.54, 1.807) is 6.07 Å². The highest BCUT2D eigenvalue weighted by molar-refractivity contribution is 5.45. The fourth-order valence-corrected chi connectivity index (χ4v) is 1.67. The van der Waals surface area contributed by atoms with Gasteiger partial charge >= 0.3 is 0 Å². The number of rotatable bonds is 2. The van der Waals surface area contributed by atoms with Crippen LogP contribution in [0.1, 0.15) is 29.5 Å². The Morgan fingerprint density at radius 3 is 2.46 bits per heavy atom. The first kappa shape index (κ1) is 9.85. The van der Waals surface area contributed by atoms with Gasteiger partial charge in [0, 0.05) is 11.5 Å². The zero-order valence-corrected chi connectivity index (χ0v) is 8.46. The van der Waals surface area contributed by atoms with Crippen molar-refractivity contribution in [2.75, 3.05) is 0 Å². The van der Waals surface area contributed by atoms with Gasteiger partial charge in [0.05, 0.1) is 0 Å². The average Bonchev–Trinajstić information content (AvgIpc) is 2.02. The van der Waals surface area contributed by atoms with Crippen molar-refractivity contribution >= 4 is 0 Å². The molecule has 0 saturated carbocycles. The van der Waals surface area contributed by atoms with Crippen molar-refractivity contribution in [3.8, 4) is 5.75 Å². The predicted molar refractivity (Wildman–Crippen MR) is 56.2 cm³/mol. The second-order valence-corrected chi connectivity index (χ2v) is 3.54. The van der Waals surface area contributed by atoms with Crippen molar-refractivity contribution in [3.05, 3.63) is 41.5 Å². The van der Waals surface area contributed by atoms with Crippen LogP contribution in [0.25, 0.3) is 0 Å². The quantitative estimate of drug-likeness (QED) is 0.685. The number of aromatic hydroxyl groups is 1. The maximum absolute atomic E-state index is 9.73. The lowest BCUT2D eigenvalue weighted by atomic mass is 9.94. The van der Waals surface area contributed by atoms with Crippen LogP contribution in [0, 0.1) is 13.8 Å². The molecule has 0 aliphatic carbocycles. The van der Waals surface area contributed by atoms with Crippen LogP contribution >= 0.6 is 0 Å². The summed E-state index contributed by atoms with van der Waals surface area (Å²) >= 11 is 0. The highest BCUT2D eigenvalue weighted by Gasteiger charge is 2.10. The zero-order chi connectivity index (χ0) is 10.0. The van der Waals surface area contributed by atoms with Gasteiger partial charge in [-0.3, -0.25) is 0 Å². The van der Waals surface area contributed by atoms with E-state index in [-0.39, 0.29) is 5.92 Å². The molecule has 0 heterocycles. The number of hydrogen-bond donors (Lipinski definition) is 1. The van der Waals surface area contributed by atoms with Crippen LogP contribution in [0.3, 0.4) is 0 Å². The minimum absolute atomic E-state index is 0.209. The van der Waals surface area contributed by atoms with Crippen LogP contribution in [0.5, 0.6) is 5.75 Å². The van der Waals surface area contributed by atoms with Gasteiger partial charge in [0.25, 0.3) is 0 Å². The molecular formula is C12H16O. The van der Waals surface area contributed by atoms with E-state index >= 15 is 0 Å². The van der Waals surface area contributed by atoms with Crippen molar-refractivity contribution in [1.82, 2.24) is 0 Å². The van der Waals surface area contributed by atoms with E-state index in [9.17, 15) is 5.11 Å². The fourth-order valence-electron chi connectivity index (χ4n) is 1.67. The fraction of sp³-hybridized carbons (Fsp3) is 0.333. The monoisotopic (exact) mass is 176 g/mol. The summed E-state index contributed by atoms with van der Waals surface area (Å²) in [5.41, 5.74) is 3.21. The first-order chi connectivity index (χ1) is 6.06. The van der Waals surface area contributed by atoms with Crippen LogP contribution in [0.4, 0.5) is 0 Å². The van der Waals surface area contributed by atoms with Gasteiger partial charge < -0.3 is 5.11 Å². The van der Waals surface area contributed by atoms with Crippen LogP contribution < -0.4 is 0 Å². The number of benzene rings is 1. The molecule has 0 spiro atoms. The molecule has 0 radical (unpaired) electrons. The third kappa shape index (κ3) is 1.92. The molecule has 1 aromatic carbocycles. The van der Waals surface area contributed by atoms with Gasteiger partial charge in [0.15, 0.2) is 0 Å². The van der Waals surface area contributed by atoms with E-state index in [0.29, 0.717) is 5.75 Å². The molecule has 0 unspecified atom stereocenters. The topological polar surface area (TPSA) is 20.2 Å². The van der Waals surface area contributed by atoms with Gasteiger partial charge in [-0.15, -0.1) is 6.58 Å². The maximum Gasteiger partial charge on any atom is 0.119 e. The molecule has 1 N–H and O–H groups in total. The molecule has 70 valence electrons. The Morgan fingerprint density at radius 1 is 1.38 bits per heavy atom. The van der Waals surface area contributed by atoms with E-state index in [1.165, 1.54) is 0 Å². The molecule has 0 fully saturated rings. The molecule has 1 nitrogen and oxygen atoms in total. The summed E-state index contributed by atoms with van der Waals surface area (Å²) in [4.78, 5) is 0. The van der Waals surface area contributed by atoms with Crippen LogP contribution in [-0.2, 0) is 0 Å². The molecule has 1 aromatic rings. The van der Waals surface area contributed by atoms with E-state index in [0.717, 1.165) is 16.7 Å². The van der Waals surface area contributed by atoms with Crippen LogP contribution in [0.2, 0.25) is 0 Å². The summed E-state index contributed by atoms with van der Waals surface area (Å²) in [5.74, 6) is 0.588. The van der Waals surface area contributed by atoms with Gasteiger partial charge in [-0.1, -0.05) is 19.1 Å². The Bertz CT molecular complexity index is 303. The van der Waals surface area contributed by atoms with Gasteiger partial charge in [0.2, 0.25) is 0 Å². The molecule has 13 heavy (non-hydrogen) atoms. The SMILES string of the molecule is C=C[C@@H](C)c1c(C)cc(C)cc1O. The Morgan fingerprint density at radius 2 is 2.00 bits per heavy atom. The normalized spacial score (nSPS) is 12.5. The summed E-state index contributed by atoms with van der Waals surface area (Å²) in [6.45, 7) is 9.76. The summed E-state index contributed by atoms with van der Waals surface area (Å²) in [6.07, 6.45) is 1.84. The van der Waals surface area contributed by atoms with Gasteiger partial charge in [-0.2, -0.15) is 0 Å². The van der Waals surface area contributed by atoms with Gasteiger partial charge in [-0.25, -0.2) is 0 Å². The van der Waals surface area contributed by atoms with Crippen molar-refractivity contribution in [1.29, 1.82) is 0 Å². The number of allylic oxidation sites excluding steroid dienone is 1. The zero-order valence-electron chi connectivity index (χ0n) is 8.46. The summed E-state index contributed by atoms with van der Waals surface area (Å²) in [7, 11) is 0. The largest absolute Gasteiger partial charge is 0.508 e. The Labute approximate surface area is 79.7 Å². The molecular weight excluding hydrogens is 160 g/mol. The third-order valence-electron chi connectivity index (χ3n) is 2.32. The van der Waals surface area contributed by atoms with Gasteiger partial charge in [-0.05, 0) is 31.0 Å². The maximum atomic E-state index is 9.73. The second kappa shape index (κ2) is 3.65. The summed E-state index contributed by atoms with van der Waals surface area (Å²) in [6, 6.07) is 3.87. The van der Waals surface area contributed by atoms with Crippen molar-refractivity contribution in [2.24, 2.45) is 0 Å². The molecule has 0 aliphatic heterocycles. The second-order valence-electron chi connectivity index (χ2n) is 3.54. The summed E-state index contributed by atoms with van der Waals surface area (Å²) in [5, 5.41) is 9.73. The van der Waals surface area contributed by atoms with Crippen LogP contribution in [-0.4, -0.2) is 5.11 Å². The number of aryl methyl sites for hydroxylation is 2. The first-order valence-corrected chi connectivity index (χ1v) is 4.49. The highest BCUT2D eigenvalue weighted by Crippen LogP contribution is 2.30. The Balaban J connectivity index is 3.28. The van der Waals surface area contributed by atoms with E-state index < -0.39 is 0 Å². The standard InChI is InChI=1S/C12H16O/c1-5-9(3)12-10(4)6-8(2)7-11(12)13/h5-7,9,13H,1H2,2-4H3/t9-/m1/s1. The molecule has 1 heteroatoms. The minimum Gasteiger partial charge on any atom is -0.508 e. The van der Waals surface area contributed by atoms with Crippen molar-refractivity contribution < 1.29 is 5.11 Å². The smallest absolute Gasteiger partial charge is 0.119 e. The van der Waals surface area contributed by atoms with Crippen LogP contribution in [0.15, 0.2) is 24.8 Å². The van der Waals surface area contributed by atoms with E-state index in [1.807, 2.05) is 26.8 Å². The minimum atomic E-state index is 0.209. The number of phenolic OH excluding ortho intramolecular Hbond substituents is 1. The number of hydrogen-bond acceptors (Lipinski definition) is 1. The van der Waals surface area contributed by atoms with Crippen molar-refractivity contribution in [2.45, 2.75) is 26.7 Å². The lowest BCUT2D eigenvalue weighted by molar-refractivity contribution is 0.465.